The van der Waals surface area contributed by atoms with E-state index in [2.05, 4.69) is 10.5 Å². The maximum Gasteiger partial charge on any atom is 0.416 e. The van der Waals surface area contributed by atoms with Gasteiger partial charge in [-0.05, 0) is 37.0 Å². The standard InChI is InChI=1S/C18H19F3N2O2/c1-2-4-14(12-5-3-6-13(9-12)18(19,20)21)22-17(24)15-10-16(25-23-15)11-7-8-11/h3,5-6,9-11,14H,2,4,7-8H2,1H3,(H,22,24). The fourth-order valence-corrected chi connectivity index (χ4v) is 2.73. The summed E-state index contributed by atoms with van der Waals surface area (Å²) in [7, 11) is 0. The molecule has 3 rings (SSSR count). The molecule has 1 unspecified atom stereocenters. The van der Waals surface area contributed by atoms with E-state index in [4.69, 9.17) is 4.52 Å². The van der Waals surface area contributed by atoms with E-state index < -0.39 is 23.7 Å². The molecule has 0 radical (unpaired) electrons. The van der Waals surface area contributed by atoms with Gasteiger partial charge in [0.1, 0.15) is 5.76 Å². The van der Waals surface area contributed by atoms with Crippen LogP contribution in [0.2, 0.25) is 0 Å². The lowest BCUT2D eigenvalue weighted by atomic mass is 9.99. The molecule has 1 saturated carbocycles. The third-order valence-electron chi connectivity index (χ3n) is 4.24. The van der Waals surface area contributed by atoms with E-state index in [0.717, 1.165) is 25.0 Å². The normalized spacial score (nSPS) is 15.8. The molecule has 1 aliphatic carbocycles. The van der Waals surface area contributed by atoms with Crippen molar-refractivity contribution in [2.24, 2.45) is 0 Å². The van der Waals surface area contributed by atoms with E-state index >= 15 is 0 Å². The summed E-state index contributed by atoms with van der Waals surface area (Å²) in [6, 6.07) is 6.15. The van der Waals surface area contributed by atoms with Crippen molar-refractivity contribution in [3.8, 4) is 0 Å². The lowest BCUT2D eigenvalue weighted by molar-refractivity contribution is -0.137. The van der Waals surface area contributed by atoms with Crippen molar-refractivity contribution in [2.45, 2.75) is 50.7 Å². The molecule has 1 aromatic heterocycles. The van der Waals surface area contributed by atoms with Crippen molar-refractivity contribution < 1.29 is 22.5 Å². The van der Waals surface area contributed by atoms with Crippen molar-refractivity contribution in [3.63, 3.8) is 0 Å². The second-order valence-electron chi connectivity index (χ2n) is 6.33. The lowest BCUT2D eigenvalue weighted by Gasteiger charge is -2.19. The van der Waals surface area contributed by atoms with Gasteiger partial charge in [0.05, 0.1) is 11.6 Å². The van der Waals surface area contributed by atoms with Crippen molar-refractivity contribution in [2.75, 3.05) is 0 Å². The van der Waals surface area contributed by atoms with Crippen molar-refractivity contribution in [1.29, 1.82) is 0 Å². The van der Waals surface area contributed by atoms with Crippen LogP contribution in [0.1, 0.15) is 71.9 Å². The quantitative estimate of drug-likeness (QED) is 0.809. The second kappa shape index (κ2) is 6.90. The minimum atomic E-state index is -4.41. The molecule has 1 aromatic carbocycles. The van der Waals surface area contributed by atoms with Crippen LogP contribution in [0.25, 0.3) is 0 Å². The summed E-state index contributed by atoms with van der Waals surface area (Å²) in [6.45, 7) is 1.91. The summed E-state index contributed by atoms with van der Waals surface area (Å²) in [4.78, 5) is 12.4. The maximum atomic E-state index is 12.9. The van der Waals surface area contributed by atoms with Crippen LogP contribution in [0.5, 0.6) is 0 Å². The number of amides is 1. The van der Waals surface area contributed by atoms with Gasteiger partial charge in [0.15, 0.2) is 5.69 Å². The highest BCUT2D eigenvalue weighted by Crippen LogP contribution is 2.40. The highest BCUT2D eigenvalue weighted by atomic mass is 19.4. The Morgan fingerprint density at radius 3 is 2.76 bits per heavy atom. The van der Waals surface area contributed by atoms with Crippen LogP contribution in [-0.2, 0) is 6.18 Å². The fourth-order valence-electron chi connectivity index (χ4n) is 2.73. The van der Waals surface area contributed by atoms with Gasteiger partial charge in [0.25, 0.3) is 5.91 Å². The van der Waals surface area contributed by atoms with Gasteiger partial charge in [0.2, 0.25) is 0 Å². The van der Waals surface area contributed by atoms with Gasteiger partial charge in [-0.25, -0.2) is 0 Å². The van der Waals surface area contributed by atoms with E-state index in [1.807, 2.05) is 6.92 Å². The van der Waals surface area contributed by atoms with E-state index in [1.165, 1.54) is 6.07 Å². The molecule has 1 fully saturated rings. The van der Waals surface area contributed by atoms with Gasteiger partial charge in [-0.2, -0.15) is 13.2 Å². The molecule has 0 bridgehead atoms. The third-order valence-corrected chi connectivity index (χ3v) is 4.24. The molecular weight excluding hydrogens is 333 g/mol. The van der Waals surface area contributed by atoms with Crippen molar-refractivity contribution in [3.05, 3.63) is 52.9 Å². The Hall–Kier alpha value is -2.31. The first kappa shape index (κ1) is 17.5. The summed E-state index contributed by atoms with van der Waals surface area (Å²) in [5.41, 5.74) is -0.135. The van der Waals surface area contributed by atoms with Gasteiger partial charge >= 0.3 is 6.18 Å². The Morgan fingerprint density at radius 1 is 1.36 bits per heavy atom. The van der Waals surface area contributed by atoms with Crippen LogP contribution < -0.4 is 5.32 Å². The first-order chi connectivity index (χ1) is 11.9. The summed E-state index contributed by atoms with van der Waals surface area (Å²) in [5.74, 6) is 0.590. The summed E-state index contributed by atoms with van der Waals surface area (Å²) in [6.07, 6.45) is -1.12. The molecule has 0 aliphatic heterocycles. The molecule has 1 heterocycles. The number of halogens is 3. The number of carbonyl (C=O) groups excluding carboxylic acids is 1. The number of hydrogen-bond acceptors (Lipinski definition) is 3. The first-order valence-corrected chi connectivity index (χ1v) is 8.33. The maximum absolute atomic E-state index is 12.9. The monoisotopic (exact) mass is 352 g/mol. The fraction of sp³-hybridized carbons (Fsp3) is 0.444. The Balaban J connectivity index is 1.77. The molecule has 1 aliphatic rings. The summed E-state index contributed by atoms with van der Waals surface area (Å²) < 4.78 is 43.9. The van der Waals surface area contributed by atoms with Gasteiger partial charge < -0.3 is 9.84 Å². The number of carbonyl (C=O) groups is 1. The Morgan fingerprint density at radius 2 is 2.12 bits per heavy atom. The second-order valence-corrected chi connectivity index (χ2v) is 6.33. The molecule has 4 nitrogen and oxygen atoms in total. The van der Waals surface area contributed by atoms with E-state index in [9.17, 15) is 18.0 Å². The zero-order chi connectivity index (χ0) is 18.0. The lowest BCUT2D eigenvalue weighted by Crippen LogP contribution is -2.29. The number of benzene rings is 1. The average Bonchev–Trinajstić information content (AvgIpc) is 3.30. The van der Waals surface area contributed by atoms with Gasteiger partial charge in [-0.3, -0.25) is 4.79 Å². The molecule has 0 spiro atoms. The Kier molecular flexibility index (Phi) is 4.83. The SMILES string of the molecule is CCCC(NC(=O)c1cc(C2CC2)on1)c1cccc(C(F)(F)F)c1. The molecule has 1 N–H and O–H groups in total. The number of nitrogens with zero attached hydrogens (tertiary/aromatic N) is 1. The van der Waals surface area contributed by atoms with Crippen LogP contribution in [-0.4, -0.2) is 11.1 Å². The number of hydrogen-bond donors (Lipinski definition) is 1. The molecule has 1 atom stereocenters. The molecular formula is C18H19F3N2O2. The number of aromatic nitrogens is 1. The van der Waals surface area contributed by atoms with Crippen molar-refractivity contribution >= 4 is 5.91 Å². The van der Waals surface area contributed by atoms with Gasteiger partial charge in [0, 0.05) is 12.0 Å². The predicted octanol–water partition coefficient (Wildman–Crippen LogP) is 4.84. The Labute approximate surface area is 143 Å². The highest BCUT2D eigenvalue weighted by Gasteiger charge is 2.32. The van der Waals surface area contributed by atoms with Crippen LogP contribution in [0.3, 0.4) is 0 Å². The molecule has 1 amide bonds. The number of nitrogens with one attached hydrogen (secondary N) is 1. The molecule has 134 valence electrons. The Bertz CT molecular complexity index is 751. The third kappa shape index (κ3) is 4.21. The smallest absolute Gasteiger partial charge is 0.360 e. The molecule has 7 heteroatoms. The number of alkyl halides is 3. The topological polar surface area (TPSA) is 55.1 Å². The minimum Gasteiger partial charge on any atom is -0.360 e. The van der Waals surface area contributed by atoms with Crippen molar-refractivity contribution in [1.82, 2.24) is 10.5 Å². The first-order valence-electron chi connectivity index (χ1n) is 8.33. The molecule has 25 heavy (non-hydrogen) atoms. The van der Waals surface area contributed by atoms with Gasteiger partial charge in [-0.15, -0.1) is 0 Å². The zero-order valence-electron chi connectivity index (χ0n) is 13.8. The largest absolute Gasteiger partial charge is 0.416 e. The highest BCUT2D eigenvalue weighted by molar-refractivity contribution is 5.92. The molecule has 0 saturated heterocycles. The summed E-state index contributed by atoms with van der Waals surface area (Å²) >= 11 is 0. The average molecular weight is 352 g/mol. The van der Waals surface area contributed by atoms with E-state index in [0.29, 0.717) is 30.1 Å². The van der Waals surface area contributed by atoms with E-state index in [1.54, 1.807) is 12.1 Å². The zero-order valence-corrected chi connectivity index (χ0v) is 13.8. The van der Waals surface area contributed by atoms with Crippen LogP contribution in [0.4, 0.5) is 13.2 Å². The van der Waals surface area contributed by atoms with Crippen LogP contribution in [0.15, 0.2) is 34.9 Å². The van der Waals surface area contributed by atoms with Crippen LogP contribution >= 0.6 is 0 Å². The van der Waals surface area contributed by atoms with Gasteiger partial charge in [-0.1, -0.05) is 30.6 Å². The van der Waals surface area contributed by atoms with Crippen LogP contribution in [0, 0.1) is 0 Å². The summed E-state index contributed by atoms with van der Waals surface area (Å²) in [5, 5.41) is 6.55. The van der Waals surface area contributed by atoms with E-state index in [-0.39, 0.29) is 5.69 Å². The number of rotatable bonds is 6. The predicted molar refractivity (Wildman–Crippen MR) is 85.0 cm³/mol. The molecule has 2 aromatic rings. The minimum absolute atomic E-state index is 0.162.